The van der Waals surface area contributed by atoms with Gasteiger partial charge in [-0.1, -0.05) is 6.07 Å². The Bertz CT molecular complexity index is 955. The molecule has 11 heteroatoms. The fraction of sp³-hybridized carbons (Fsp3) is 0.250. The van der Waals surface area contributed by atoms with Gasteiger partial charge in [-0.25, -0.2) is 0 Å². The van der Waals surface area contributed by atoms with E-state index in [1.807, 2.05) is 0 Å². The van der Waals surface area contributed by atoms with Crippen molar-refractivity contribution in [2.75, 3.05) is 14.2 Å². The van der Waals surface area contributed by atoms with Crippen molar-refractivity contribution in [2.45, 2.75) is 17.5 Å². The number of fused-ring (bicyclic) bond motifs is 1. The Morgan fingerprint density at radius 2 is 2.00 bits per heavy atom. The molecule has 0 bridgehead atoms. The maximum atomic E-state index is 12.6. The Balaban J connectivity index is 0.00000261. The Kier molecular flexibility index (Phi) is 8.13. The van der Waals surface area contributed by atoms with Crippen molar-refractivity contribution in [3.8, 4) is 17.2 Å². The molecule has 27 heavy (non-hydrogen) atoms. The van der Waals surface area contributed by atoms with Crippen LogP contribution < -0.4 is 70.6 Å². The minimum atomic E-state index is -2.93. The molecule has 0 unspecified atom stereocenters. The summed E-state index contributed by atoms with van der Waals surface area (Å²) in [5, 5.41) is 0.0702. The molecule has 0 saturated heterocycles. The minimum Gasteiger partial charge on any atom is -0.493 e. The molecule has 2 heterocycles. The summed E-state index contributed by atoms with van der Waals surface area (Å²) in [4.78, 5) is 12.5. The number of pyridine rings is 1. The second-order valence-corrected chi connectivity index (χ2v) is 6.36. The summed E-state index contributed by atoms with van der Waals surface area (Å²) in [5.74, 6) is 0.821. The van der Waals surface area contributed by atoms with Gasteiger partial charge in [-0.2, -0.15) is 8.78 Å². The molecule has 0 fully saturated rings. The molecule has 0 aliphatic heterocycles. The quantitative estimate of drug-likeness (QED) is 0.477. The van der Waals surface area contributed by atoms with E-state index in [0.717, 1.165) is 0 Å². The summed E-state index contributed by atoms with van der Waals surface area (Å²) >= 11 is 0. The van der Waals surface area contributed by atoms with Crippen molar-refractivity contribution in [2.24, 2.45) is 0 Å². The number of halogens is 2. The van der Waals surface area contributed by atoms with Crippen molar-refractivity contribution >= 4 is 21.8 Å². The summed E-state index contributed by atoms with van der Waals surface area (Å²) in [6.45, 7) is -2.93. The van der Waals surface area contributed by atoms with E-state index in [-0.39, 0.29) is 68.0 Å². The average Bonchev–Trinajstić information content (AvgIpc) is 3.04. The molecule has 3 aromatic rings. The zero-order valence-electron chi connectivity index (χ0n) is 14.8. The average molecular weight is 421 g/mol. The maximum Gasteiger partial charge on any atom is 1.00 e. The molecule has 1 aromatic carbocycles. The van der Waals surface area contributed by atoms with E-state index < -0.39 is 17.4 Å². The molecule has 138 valence electrons. The van der Waals surface area contributed by atoms with Crippen LogP contribution in [0.25, 0.3) is 11.0 Å². The van der Waals surface area contributed by atoms with Crippen LogP contribution >= 0.6 is 0 Å². The summed E-state index contributed by atoms with van der Waals surface area (Å²) in [6, 6.07) is 5.77. The number of rotatable bonds is 7. The first-order chi connectivity index (χ1) is 12.5. The van der Waals surface area contributed by atoms with Crippen molar-refractivity contribution in [3.63, 3.8) is 0 Å². The number of hydrogen-bond donors (Lipinski definition) is 0. The summed E-state index contributed by atoms with van der Waals surface area (Å²) < 4.78 is 52.0. The van der Waals surface area contributed by atoms with Gasteiger partial charge in [0.2, 0.25) is 0 Å². The van der Waals surface area contributed by atoms with E-state index in [0.29, 0.717) is 28.2 Å². The summed E-state index contributed by atoms with van der Waals surface area (Å²) in [7, 11) is 1.34. The minimum absolute atomic E-state index is 0. The van der Waals surface area contributed by atoms with E-state index in [4.69, 9.17) is 9.47 Å². The van der Waals surface area contributed by atoms with Crippen LogP contribution in [0.15, 0.2) is 35.6 Å². The second kappa shape index (κ2) is 9.89. The van der Waals surface area contributed by atoms with Crippen LogP contribution in [0.3, 0.4) is 0 Å². The molecule has 1 atom stereocenters. The van der Waals surface area contributed by atoms with Crippen LogP contribution in [0, 0.1) is 0 Å². The summed E-state index contributed by atoms with van der Waals surface area (Å²) in [5.41, 5.74) is 1.18. The first-order valence-corrected chi connectivity index (χ1v) is 8.67. The Labute approximate surface area is 198 Å². The van der Waals surface area contributed by atoms with E-state index in [1.165, 1.54) is 38.6 Å². The first-order valence-electron chi connectivity index (χ1n) is 7.35. The Morgan fingerprint density at radius 1 is 1.22 bits per heavy atom. The van der Waals surface area contributed by atoms with Crippen LogP contribution in [0.1, 0.15) is 5.69 Å². The van der Waals surface area contributed by atoms with Gasteiger partial charge in [-0.15, -0.1) is 0 Å². The molecule has 0 aliphatic rings. The molecular weight excluding hydrogens is 407 g/mol. The zero-order valence-corrected chi connectivity index (χ0v) is 18.7. The van der Waals surface area contributed by atoms with Crippen molar-refractivity contribution < 1.29 is 78.6 Å². The van der Waals surface area contributed by atoms with Gasteiger partial charge in [0.1, 0.15) is 5.75 Å². The van der Waals surface area contributed by atoms with Crippen molar-refractivity contribution in [1.29, 1.82) is 0 Å². The largest absolute Gasteiger partial charge is 1.00 e. The van der Waals surface area contributed by atoms with Gasteiger partial charge in [0.05, 0.1) is 36.5 Å². The smallest absolute Gasteiger partial charge is 0.493 e. The number of benzene rings is 1. The molecule has 2 aromatic heterocycles. The number of methoxy groups -OCH3 is 2. The van der Waals surface area contributed by atoms with Gasteiger partial charge in [-0.3, -0.25) is 9.19 Å². The molecule has 0 saturated carbocycles. The molecule has 0 N–H and O–H groups in total. The number of aromatic nitrogens is 3. The van der Waals surface area contributed by atoms with E-state index in [9.17, 15) is 13.0 Å². The number of imidazole rings is 1. The van der Waals surface area contributed by atoms with Gasteiger partial charge in [0.15, 0.2) is 11.5 Å². The second-order valence-electron chi connectivity index (χ2n) is 5.02. The third-order valence-corrected chi connectivity index (χ3v) is 4.57. The summed E-state index contributed by atoms with van der Waals surface area (Å²) in [6.07, 6.45) is 1.52. The van der Waals surface area contributed by atoms with Crippen molar-refractivity contribution in [1.82, 2.24) is 15.0 Å². The molecular formula is C16H14F2KN3O4S. The fourth-order valence-corrected chi connectivity index (χ4v) is 3.32. The van der Waals surface area contributed by atoms with E-state index >= 15 is 0 Å². The molecule has 3 rings (SSSR count). The van der Waals surface area contributed by atoms with Gasteiger partial charge < -0.3 is 24.2 Å². The third kappa shape index (κ3) is 5.24. The van der Waals surface area contributed by atoms with Crippen molar-refractivity contribution in [3.05, 3.63) is 36.2 Å². The van der Waals surface area contributed by atoms with Crippen LogP contribution in [0.5, 0.6) is 17.2 Å². The number of ether oxygens (including phenoxy) is 3. The zero-order chi connectivity index (χ0) is 18.7. The molecule has 0 spiro atoms. The number of nitrogens with zero attached hydrogens (tertiary/aromatic N) is 3. The van der Waals surface area contributed by atoms with Crippen LogP contribution in [-0.4, -0.2) is 35.0 Å². The molecule has 0 aliphatic carbocycles. The van der Waals surface area contributed by atoms with Crippen LogP contribution in [-0.2, 0) is 16.6 Å². The van der Waals surface area contributed by atoms with Crippen LogP contribution in [0.2, 0.25) is 0 Å². The van der Waals surface area contributed by atoms with E-state index in [2.05, 4.69) is 19.7 Å². The maximum absolute atomic E-state index is 12.6. The normalized spacial score (nSPS) is 11.9. The van der Waals surface area contributed by atoms with Crippen LogP contribution in [0.4, 0.5) is 8.78 Å². The first kappa shape index (κ1) is 22.2. The van der Waals surface area contributed by atoms with Gasteiger partial charge in [0.25, 0.3) is 0 Å². The Morgan fingerprint density at radius 3 is 2.67 bits per heavy atom. The monoisotopic (exact) mass is 421 g/mol. The SMILES string of the molecule is COc1ccnc(C[S@](=O)c2nc3cc(OC(F)F)ccc3[n-]2)c1OC.[K+]. The Hall–Kier alpha value is -1.11. The molecule has 7 nitrogen and oxygen atoms in total. The molecule has 0 radical (unpaired) electrons. The standard InChI is InChI=1S/C16H14F2N3O4S.K/c1-23-13-5-6-19-12(14(13)24-2)8-26(22)16-20-10-4-3-9(25-15(17)18)7-11(10)21-16;/h3-7,15H,8H2,1-2H3;/q-1;+1/t26-;/m0./s1. The van der Waals surface area contributed by atoms with Gasteiger partial charge in [0, 0.05) is 17.4 Å². The fourth-order valence-electron chi connectivity index (χ4n) is 2.34. The predicted octanol–water partition coefficient (Wildman–Crippen LogP) is -0.483. The topological polar surface area (TPSA) is 84.6 Å². The number of hydrogen-bond acceptors (Lipinski definition) is 6. The van der Waals surface area contributed by atoms with Gasteiger partial charge in [-0.05, 0) is 23.2 Å². The van der Waals surface area contributed by atoms with E-state index in [1.54, 1.807) is 6.07 Å². The predicted molar refractivity (Wildman–Crippen MR) is 89.1 cm³/mol. The molecule has 0 amide bonds. The van der Waals surface area contributed by atoms with Gasteiger partial charge >= 0.3 is 58.0 Å². The number of alkyl halides is 2. The third-order valence-electron chi connectivity index (χ3n) is 3.44.